The molecule has 0 bridgehead atoms. The van der Waals surface area contributed by atoms with E-state index in [1.165, 1.54) is 0 Å². The van der Waals surface area contributed by atoms with Gasteiger partial charge in [0.05, 0.1) is 12.2 Å². The van der Waals surface area contributed by atoms with Crippen LogP contribution in [-0.4, -0.2) is 56.8 Å². The molecule has 1 amide bonds. The molecule has 2 rings (SSSR count). The number of aromatic nitrogens is 2. The Bertz CT molecular complexity index is 526. The maximum atomic E-state index is 12.5. The van der Waals surface area contributed by atoms with Crippen molar-refractivity contribution in [1.29, 1.82) is 0 Å². The van der Waals surface area contributed by atoms with Crippen molar-refractivity contribution in [2.45, 2.75) is 45.1 Å². The summed E-state index contributed by atoms with van der Waals surface area (Å²) in [5, 5.41) is 4.08. The Kier molecular flexibility index (Phi) is 4.79. The molecule has 0 saturated carbocycles. The number of alkyl halides is 3. The molecule has 1 unspecified atom stereocenters. The van der Waals surface area contributed by atoms with Crippen molar-refractivity contribution in [3.8, 4) is 0 Å². The Hall–Kier alpha value is -1.57. The maximum absolute atomic E-state index is 12.5. The fourth-order valence-electron chi connectivity index (χ4n) is 2.82. The standard InChI is InChI=1S/C14H21F3N4O/c1-10(2)21(8-11-6-18-19(3)7-11)12-4-5-20(13(12)22)9-14(15,16)17/h6-7,10,12H,4-5,8-9H2,1-3H3. The molecule has 0 spiro atoms. The van der Waals surface area contributed by atoms with Crippen molar-refractivity contribution in [3.63, 3.8) is 0 Å². The van der Waals surface area contributed by atoms with Crippen molar-refractivity contribution in [1.82, 2.24) is 19.6 Å². The van der Waals surface area contributed by atoms with E-state index in [0.717, 1.165) is 10.5 Å². The quantitative estimate of drug-likeness (QED) is 0.831. The molecule has 0 aromatic carbocycles. The first kappa shape index (κ1) is 16.8. The predicted molar refractivity (Wildman–Crippen MR) is 74.9 cm³/mol. The number of likely N-dealkylation sites (tertiary alicyclic amines) is 1. The summed E-state index contributed by atoms with van der Waals surface area (Å²) >= 11 is 0. The van der Waals surface area contributed by atoms with Gasteiger partial charge in [-0.15, -0.1) is 0 Å². The minimum Gasteiger partial charge on any atom is -0.332 e. The van der Waals surface area contributed by atoms with Crippen LogP contribution >= 0.6 is 0 Å². The summed E-state index contributed by atoms with van der Waals surface area (Å²) in [5.41, 5.74) is 0.943. The summed E-state index contributed by atoms with van der Waals surface area (Å²) in [5.74, 6) is -0.435. The SMILES string of the molecule is CC(C)N(Cc1cnn(C)c1)C1CCN(CC(F)(F)F)C1=O. The summed E-state index contributed by atoms with van der Waals surface area (Å²) < 4.78 is 39.2. The predicted octanol–water partition coefficient (Wildman–Crippen LogP) is 1.79. The Labute approximate surface area is 127 Å². The van der Waals surface area contributed by atoms with E-state index in [4.69, 9.17) is 0 Å². The molecule has 0 aliphatic carbocycles. The van der Waals surface area contributed by atoms with Crippen LogP contribution in [0.1, 0.15) is 25.8 Å². The summed E-state index contributed by atoms with van der Waals surface area (Å²) in [6, 6.07) is -0.442. The van der Waals surface area contributed by atoms with Gasteiger partial charge in [-0.05, 0) is 20.3 Å². The lowest BCUT2D eigenvalue weighted by molar-refractivity contribution is -0.159. The van der Waals surface area contributed by atoms with Gasteiger partial charge < -0.3 is 4.90 Å². The molecule has 2 heterocycles. The van der Waals surface area contributed by atoms with Crippen LogP contribution in [0.5, 0.6) is 0 Å². The molecule has 1 aromatic heterocycles. The third-order valence-corrected chi connectivity index (χ3v) is 3.83. The summed E-state index contributed by atoms with van der Waals surface area (Å²) in [6.07, 6.45) is -0.367. The number of carbonyl (C=O) groups excluding carboxylic acids is 1. The van der Waals surface area contributed by atoms with Crippen molar-refractivity contribution >= 4 is 5.91 Å². The lowest BCUT2D eigenvalue weighted by Gasteiger charge is -2.31. The molecule has 22 heavy (non-hydrogen) atoms. The van der Waals surface area contributed by atoms with Gasteiger partial charge in [0.1, 0.15) is 6.54 Å². The molecule has 0 N–H and O–H groups in total. The third-order valence-electron chi connectivity index (χ3n) is 3.83. The van der Waals surface area contributed by atoms with Gasteiger partial charge in [-0.1, -0.05) is 0 Å². The van der Waals surface area contributed by atoms with Crippen LogP contribution in [0.25, 0.3) is 0 Å². The first-order chi connectivity index (χ1) is 10.2. The third kappa shape index (κ3) is 4.00. The highest BCUT2D eigenvalue weighted by Gasteiger charge is 2.42. The zero-order chi connectivity index (χ0) is 16.5. The number of hydrogen-bond acceptors (Lipinski definition) is 3. The number of amides is 1. The minimum atomic E-state index is -4.35. The molecule has 1 aromatic rings. The zero-order valence-corrected chi connectivity index (χ0v) is 13.0. The summed E-state index contributed by atoms with van der Waals surface area (Å²) in [7, 11) is 1.80. The van der Waals surface area contributed by atoms with E-state index in [1.807, 2.05) is 24.9 Å². The first-order valence-corrected chi connectivity index (χ1v) is 7.26. The highest BCUT2D eigenvalue weighted by atomic mass is 19.4. The van der Waals surface area contributed by atoms with Crippen molar-refractivity contribution in [2.24, 2.45) is 7.05 Å². The van der Waals surface area contributed by atoms with E-state index in [0.29, 0.717) is 13.0 Å². The molecule has 1 atom stereocenters. The topological polar surface area (TPSA) is 41.4 Å². The number of hydrogen-bond donors (Lipinski definition) is 0. The van der Waals surface area contributed by atoms with E-state index < -0.39 is 24.7 Å². The fraction of sp³-hybridized carbons (Fsp3) is 0.714. The second kappa shape index (κ2) is 6.28. The van der Waals surface area contributed by atoms with Crippen LogP contribution < -0.4 is 0 Å². The van der Waals surface area contributed by atoms with Gasteiger partial charge in [0, 0.05) is 37.9 Å². The van der Waals surface area contributed by atoms with E-state index in [1.54, 1.807) is 17.9 Å². The van der Waals surface area contributed by atoms with Crippen LogP contribution in [0.15, 0.2) is 12.4 Å². The fourth-order valence-corrected chi connectivity index (χ4v) is 2.82. The molecule has 124 valence electrons. The molecular formula is C14H21F3N4O. The molecular weight excluding hydrogens is 297 g/mol. The van der Waals surface area contributed by atoms with Gasteiger partial charge in [-0.25, -0.2) is 0 Å². The molecule has 1 aliphatic rings. The number of aryl methyl sites for hydroxylation is 1. The largest absolute Gasteiger partial charge is 0.406 e. The number of rotatable bonds is 5. The van der Waals surface area contributed by atoms with Crippen LogP contribution in [0, 0.1) is 0 Å². The van der Waals surface area contributed by atoms with E-state index in [9.17, 15) is 18.0 Å². The van der Waals surface area contributed by atoms with Gasteiger partial charge in [0.2, 0.25) is 5.91 Å². The Morgan fingerprint density at radius 3 is 2.64 bits per heavy atom. The monoisotopic (exact) mass is 318 g/mol. The number of nitrogens with zero attached hydrogens (tertiary/aromatic N) is 4. The lowest BCUT2D eigenvalue weighted by Crippen LogP contribution is -2.46. The Morgan fingerprint density at radius 2 is 2.14 bits per heavy atom. The average molecular weight is 318 g/mol. The van der Waals surface area contributed by atoms with Crippen molar-refractivity contribution in [3.05, 3.63) is 18.0 Å². The van der Waals surface area contributed by atoms with Gasteiger partial charge >= 0.3 is 6.18 Å². The second-order valence-electron chi connectivity index (χ2n) is 5.97. The Morgan fingerprint density at radius 1 is 1.45 bits per heavy atom. The smallest absolute Gasteiger partial charge is 0.332 e. The number of carbonyl (C=O) groups is 1. The van der Waals surface area contributed by atoms with Crippen LogP contribution in [0.4, 0.5) is 13.2 Å². The van der Waals surface area contributed by atoms with Gasteiger partial charge in [0.15, 0.2) is 0 Å². The maximum Gasteiger partial charge on any atom is 0.406 e. The van der Waals surface area contributed by atoms with Crippen molar-refractivity contribution in [2.75, 3.05) is 13.1 Å². The first-order valence-electron chi connectivity index (χ1n) is 7.26. The van der Waals surface area contributed by atoms with Gasteiger partial charge in [-0.2, -0.15) is 18.3 Å². The van der Waals surface area contributed by atoms with Crippen LogP contribution in [0.2, 0.25) is 0 Å². The van der Waals surface area contributed by atoms with Crippen LogP contribution in [0.3, 0.4) is 0 Å². The molecule has 1 fully saturated rings. The number of halogens is 3. The van der Waals surface area contributed by atoms with E-state index in [2.05, 4.69) is 5.10 Å². The summed E-state index contributed by atoms with van der Waals surface area (Å²) in [6.45, 7) is 3.37. The second-order valence-corrected chi connectivity index (χ2v) is 5.97. The average Bonchev–Trinajstić information content (AvgIpc) is 2.93. The van der Waals surface area contributed by atoms with Gasteiger partial charge in [0.25, 0.3) is 0 Å². The minimum absolute atomic E-state index is 0.0555. The van der Waals surface area contributed by atoms with Crippen LogP contribution in [-0.2, 0) is 18.4 Å². The van der Waals surface area contributed by atoms with E-state index in [-0.39, 0.29) is 12.6 Å². The normalized spacial score (nSPS) is 19.7. The highest BCUT2D eigenvalue weighted by Crippen LogP contribution is 2.25. The Balaban J connectivity index is 2.08. The summed E-state index contributed by atoms with van der Waals surface area (Å²) in [4.78, 5) is 15.1. The molecule has 1 saturated heterocycles. The highest BCUT2D eigenvalue weighted by molar-refractivity contribution is 5.84. The molecule has 1 aliphatic heterocycles. The lowest BCUT2D eigenvalue weighted by atomic mass is 10.1. The van der Waals surface area contributed by atoms with E-state index >= 15 is 0 Å². The van der Waals surface area contributed by atoms with Crippen molar-refractivity contribution < 1.29 is 18.0 Å². The molecule has 0 radical (unpaired) electrons. The zero-order valence-electron chi connectivity index (χ0n) is 13.0. The molecule has 8 heteroatoms. The molecule has 5 nitrogen and oxygen atoms in total. The van der Waals surface area contributed by atoms with Gasteiger partial charge in [-0.3, -0.25) is 14.4 Å².